The molecule has 2 rings (SSSR count). The van der Waals surface area contributed by atoms with Gasteiger partial charge in [0.15, 0.2) is 0 Å². The Hall–Kier alpha value is -1.75. The molecule has 0 spiro atoms. The highest BCUT2D eigenvalue weighted by Gasteiger charge is 2.28. The third kappa shape index (κ3) is 3.13. The van der Waals surface area contributed by atoms with Crippen LogP contribution in [-0.4, -0.2) is 42.7 Å². The second-order valence-corrected chi connectivity index (χ2v) is 5.73. The van der Waals surface area contributed by atoms with Crippen LogP contribution in [0.3, 0.4) is 0 Å². The van der Waals surface area contributed by atoms with Gasteiger partial charge < -0.3 is 20.9 Å². The summed E-state index contributed by atoms with van der Waals surface area (Å²) in [5.41, 5.74) is 8.02. The normalized spacial score (nSPS) is 18.7. The quantitative estimate of drug-likeness (QED) is 0.665. The average molecular weight is 309 g/mol. The highest BCUT2D eigenvalue weighted by molar-refractivity contribution is 6.31. The molecule has 0 bridgehead atoms. The molecule has 0 aromatic heterocycles. The lowest BCUT2D eigenvalue weighted by Crippen LogP contribution is -2.54. The molecule has 114 valence electrons. The molecular weight excluding hydrogens is 288 g/mol. The van der Waals surface area contributed by atoms with Crippen LogP contribution in [0.1, 0.15) is 25.8 Å². The molecule has 3 N–H and O–H groups in total. The molecule has 1 atom stereocenters. The van der Waals surface area contributed by atoms with E-state index in [0.29, 0.717) is 22.8 Å². The van der Waals surface area contributed by atoms with Gasteiger partial charge in [0.2, 0.25) is 5.91 Å². The minimum Gasteiger partial charge on any atom is -0.398 e. The molecule has 0 aliphatic carbocycles. The van der Waals surface area contributed by atoms with Gasteiger partial charge in [-0.25, -0.2) is 0 Å². The lowest BCUT2D eigenvalue weighted by atomic mass is 10.1. The topological polar surface area (TPSA) is 73.4 Å². The number of carbonyl (C=O) groups is 1. The largest absolute Gasteiger partial charge is 0.398 e. The fourth-order valence-electron chi connectivity index (χ4n) is 2.88. The third-order valence-electron chi connectivity index (χ3n) is 4.00. The molecule has 1 aromatic carbocycles. The van der Waals surface area contributed by atoms with Crippen molar-refractivity contribution in [3.63, 3.8) is 0 Å². The average Bonchev–Trinajstić information content (AvgIpc) is 2.45. The van der Waals surface area contributed by atoms with Crippen molar-refractivity contribution in [1.29, 1.82) is 5.41 Å². The number of nitrogens with one attached hydrogen (secondary N) is 1. The van der Waals surface area contributed by atoms with Crippen LogP contribution in [0.5, 0.6) is 0 Å². The van der Waals surface area contributed by atoms with Crippen molar-refractivity contribution in [2.45, 2.75) is 26.3 Å². The fourth-order valence-corrected chi connectivity index (χ4v) is 3.10. The van der Waals surface area contributed by atoms with Crippen LogP contribution in [0.2, 0.25) is 5.02 Å². The van der Waals surface area contributed by atoms with Gasteiger partial charge in [-0.15, -0.1) is 0 Å². The van der Waals surface area contributed by atoms with Crippen LogP contribution in [0.15, 0.2) is 12.1 Å². The number of anilines is 2. The number of carbonyl (C=O) groups excluding carboxylic acids is 1. The predicted molar refractivity (Wildman–Crippen MR) is 87.4 cm³/mol. The van der Waals surface area contributed by atoms with Crippen LogP contribution < -0.4 is 10.6 Å². The third-order valence-corrected chi connectivity index (χ3v) is 4.22. The molecule has 0 radical (unpaired) electrons. The number of hydrogen-bond acceptors (Lipinski definition) is 4. The number of rotatable bonds is 3. The van der Waals surface area contributed by atoms with E-state index in [1.807, 2.05) is 11.0 Å². The monoisotopic (exact) mass is 308 g/mol. The number of halogens is 1. The van der Waals surface area contributed by atoms with Gasteiger partial charge in [-0.1, -0.05) is 18.5 Å². The van der Waals surface area contributed by atoms with Gasteiger partial charge in [-0.3, -0.25) is 4.79 Å². The molecular formula is C15H21ClN4O. The molecule has 1 aliphatic heterocycles. The van der Waals surface area contributed by atoms with E-state index >= 15 is 0 Å². The van der Waals surface area contributed by atoms with Crippen LogP contribution in [0.4, 0.5) is 11.4 Å². The van der Waals surface area contributed by atoms with E-state index in [1.165, 1.54) is 6.21 Å². The van der Waals surface area contributed by atoms with E-state index in [0.717, 1.165) is 25.2 Å². The number of nitrogens with two attached hydrogens (primary N) is 1. The van der Waals surface area contributed by atoms with Crippen molar-refractivity contribution in [1.82, 2.24) is 4.90 Å². The van der Waals surface area contributed by atoms with Gasteiger partial charge in [0.05, 0.1) is 0 Å². The first kappa shape index (κ1) is 15.6. The minimum atomic E-state index is 0.111. The Balaban J connectivity index is 2.32. The lowest BCUT2D eigenvalue weighted by Gasteiger charge is -2.42. The van der Waals surface area contributed by atoms with Crippen molar-refractivity contribution in [3.05, 3.63) is 22.7 Å². The molecule has 1 aromatic rings. The van der Waals surface area contributed by atoms with Crippen molar-refractivity contribution in [2.75, 3.05) is 30.3 Å². The summed E-state index contributed by atoms with van der Waals surface area (Å²) in [5, 5.41) is 8.14. The van der Waals surface area contributed by atoms with Gasteiger partial charge in [-0.2, -0.15) is 0 Å². The van der Waals surface area contributed by atoms with Crippen LogP contribution in [0, 0.1) is 5.41 Å². The van der Waals surface area contributed by atoms with E-state index < -0.39 is 0 Å². The molecule has 1 aliphatic rings. The smallest absolute Gasteiger partial charge is 0.219 e. The Morgan fingerprint density at radius 1 is 1.52 bits per heavy atom. The van der Waals surface area contributed by atoms with Crippen molar-refractivity contribution >= 4 is 35.1 Å². The van der Waals surface area contributed by atoms with E-state index in [-0.39, 0.29) is 11.9 Å². The Kier molecular flexibility index (Phi) is 4.73. The van der Waals surface area contributed by atoms with Gasteiger partial charge >= 0.3 is 0 Å². The highest BCUT2D eigenvalue weighted by atomic mass is 35.5. The molecule has 1 unspecified atom stereocenters. The summed E-state index contributed by atoms with van der Waals surface area (Å²) in [4.78, 5) is 15.7. The Bertz CT molecular complexity index is 561. The number of piperazine rings is 1. The van der Waals surface area contributed by atoms with E-state index in [1.54, 1.807) is 13.0 Å². The maximum atomic E-state index is 11.7. The maximum absolute atomic E-state index is 11.7. The number of hydrogen-bond donors (Lipinski definition) is 2. The molecule has 5 nitrogen and oxygen atoms in total. The molecule has 0 saturated carbocycles. The first-order valence-corrected chi connectivity index (χ1v) is 7.47. The highest BCUT2D eigenvalue weighted by Crippen LogP contribution is 2.31. The summed E-state index contributed by atoms with van der Waals surface area (Å²) in [6.45, 7) is 5.82. The van der Waals surface area contributed by atoms with E-state index in [9.17, 15) is 4.79 Å². The first-order valence-electron chi connectivity index (χ1n) is 7.09. The van der Waals surface area contributed by atoms with E-state index in [4.69, 9.17) is 22.7 Å². The number of amides is 1. The van der Waals surface area contributed by atoms with Crippen LogP contribution >= 0.6 is 11.6 Å². The van der Waals surface area contributed by atoms with Crippen LogP contribution in [0.25, 0.3) is 0 Å². The zero-order valence-electron chi connectivity index (χ0n) is 12.4. The summed E-state index contributed by atoms with van der Waals surface area (Å²) in [6, 6.07) is 3.68. The Morgan fingerprint density at radius 3 is 2.81 bits per heavy atom. The Labute approximate surface area is 130 Å². The standard InChI is InChI=1S/C15H21ClN4O/c1-3-12-9-19(4-5-20(12)10(2)21)15-7-11(16)6-14(18)13(15)8-17/h6-8,12,17H,3-5,9,18H2,1-2H3. The fraction of sp³-hybridized carbons (Fsp3) is 0.467. The minimum absolute atomic E-state index is 0.111. The zero-order valence-corrected chi connectivity index (χ0v) is 13.2. The molecule has 1 saturated heterocycles. The lowest BCUT2D eigenvalue weighted by molar-refractivity contribution is -0.131. The summed E-state index contributed by atoms with van der Waals surface area (Å²) in [5.74, 6) is 0.111. The number of nitrogens with zero attached hydrogens (tertiary/aromatic N) is 2. The second-order valence-electron chi connectivity index (χ2n) is 5.29. The molecule has 1 fully saturated rings. The molecule has 1 amide bonds. The summed E-state index contributed by atoms with van der Waals surface area (Å²) in [7, 11) is 0. The summed E-state index contributed by atoms with van der Waals surface area (Å²) < 4.78 is 0. The molecule has 1 heterocycles. The van der Waals surface area contributed by atoms with Crippen LogP contribution in [-0.2, 0) is 4.79 Å². The summed E-state index contributed by atoms with van der Waals surface area (Å²) in [6.07, 6.45) is 2.16. The number of nitrogen functional groups attached to an aromatic ring is 1. The second kappa shape index (κ2) is 6.35. The number of benzene rings is 1. The predicted octanol–water partition coefficient (Wildman–Crippen LogP) is 2.37. The maximum Gasteiger partial charge on any atom is 0.219 e. The van der Waals surface area contributed by atoms with Gasteiger partial charge in [0, 0.05) is 60.8 Å². The van der Waals surface area contributed by atoms with Gasteiger partial charge in [0.25, 0.3) is 0 Å². The van der Waals surface area contributed by atoms with Gasteiger partial charge in [-0.05, 0) is 18.6 Å². The van der Waals surface area contributed by atoms with Crippen molar-refractivity contribution in [2.24, 2.45) is 0 Å². The van der Waals surface area contributed by atoms with E-state index in [2.05, 4.69) is 11.8 Å². The Morgan fingerprint density at radius 2 is 2.24 bits per heavy atom. The zero-order chi connectivity index (χ0) is 15.6. The molecule has 21 heavy (non-hydrogen) atoms. The van der Waals surface area contributed by atoms with Crippen molar-refractivity contribution in [3.8, 4) is 0 Å². The SMILES string of the molecule is CCC1CN(c2cc(Cl)cc(N)c2C=N)CCN1C(C)=O. The van der Waals surface area contributed by atoms with Gasteiger partial charge in [0.1, 0.15) is 0 Å². The molecule has 6 heteroatoms. The first-order chi connectivity index (χ1) is 9.97. The van der Waals surface area contributed by atoms with Crippen molar-refractivity contribution < 1.29 is 4.79 Å². The summed E-state index contributed by atoms with van der Waals surface area (Å²) >= 11 is 6.10.